The first-order chi connectivity index (χ1) is 15.1. The van der Waals surface area contributed by atoms with E-state index in [1.54, 1.807) is 31.2 Å². The van der Waals surface area contributed by atoms with Crippen LogP contribution in [-0.4, -0.2) is 58.0 Å². The van der Waals surface area contributed by atoms with Gasteiger partial charge in [0.15, 0.2) is 5.82 Å². The number of aryl methyl sites for hydroxylation is 1. The van der Waals surface area contributed by atoms with Gasteiger partial charge in [-0.2, -0.15) is 16.7 Å². The molecular weight excluding hydrogens is 414 g/mol. The third kappa shape index (κ3) is 5.27. The SMILES string of the molecule is Cc1nc(C2(NCC(=O)Nc3cccc(C(=O)N4CCSCC4)c3)CCCCC2)no1. The summed E-state index contributed by atoms with van der Waals surface area (Å²) in [7, 11) is 0. The molecule has 2 aromatic rings. The molecule has 1 aromatic heterocycles. The second kappa shape index (κ2) is 9.82. The molecule has 1 saturated carbocycles. The van der Waals surface area contributed by atoms with E-state index in [4.69, 9.17) is 4.52 Å². The zero-order chi connectivity index (χ0) is 21.7. The van der Waals surface area contributed by atoms with Crippen LogP contribution in [0.15, 0.2) is 28.8 Å². The molecule has 0 spiro atoms. The van der Waals surface area contributed by atoms with Crippen molar-refractivity contribution in [2.45, 2.75) is 44.6 Å². The van der Waals surface area contributed by atoms with Crippen LogP contribution in [0.5, 0.6) is 0 Å². The third-order valence-electron chi connectivity index (χ3n) is 5.94. The first kappa shape index (κ1) is 21.8. The predicted molar refractivity (Wildman–Crippen MR) is 120 cm³/mol. The van der Waals surface area contributed by atoms with Crippen molar-refractivity contribution in [1.82, 2.24) is 20.4 Å². The van der Waals surface area contributed by atoms with Gasteiger partial charge >= 0.3 is 0 Å². The Balaban J connectivity index is 1.38. The topological polar surface area (TPSA) is 100 Å². The third-order valence-corrected chi connectivity index (χ3v) is 6.88. The van der Waals surface area contributed by atoms with Crippen LogP contribution in [0.1, 0.15) is 54.2 Å². The maximum atomic E-state index is 12.7. The lowest BCUT2D eigenvalue weighted by Gasteiger charge is -2.35. The van der Waals surface area contributed by atoms with E-state index in [0.29, 0.717) is 23.0 Å². The van der Waals surface area contributed by atoms with Gasteiger partial charge in [-0.1, -0.05) is 30.5 Å². The Labute approximate surface area is 186 Å². The number of carbonyl (C=O) groups excluding carboxylic acids is 2. The van der Waals surface area contributed by atoms with Gasteiger partial charge in [0.05, 0.1) is 12.1 Å². The summed E-state index contributed by atoms with van der Waals surface area (Å²) in [6.45, 7) is 3.44. The molecule has 0 unspecified atom stereocenters. The number of nitrogens with zero attached hydrogens (tertiary/aromatic N) is 3. The Morgan fingerprint density at radius 2 is 1.97 bits per heavy atom. The summed E-state index contributed by atoms with van der Waals surface area (Å²) in [5.41, 5.74) is 0.790. The smallest absolute Gasteiger partial charge is 0.253 e. The van der Waals surface area contributed by atoms with E-state index >= 15 is 0 Å². The average Bonchev–Trinajstić information content (AvgIpc) is 3.26. The quantitative estimate of drug-likeness (QED) is 0.708. The van der Waals surface area contributed by atoms with Crippen molar-refractivity contribution in [2.75, 3.05) is 36.5 Å². The van der Waals surface area contributed by atoms with Gasteiger partial charge in [0.25, 0.3) is 5.91 Å². The molecule has 31 heavy (non-hydrogen) atoms. The van der Waals surface area contributed by atoms with Crippen molar-refractivity contribution in [3.8, 4) is 0 Å². The van der Waals surface area contributed by atoms with Crippen molar-refractivity contribution in [2.24, 2.45) is 0 Å². The van der Waals surface area contributed by atoms with Gasteiger partial charge in [0.2, 0.25) is 11.8 Å². The summed E-state index contributed by atoms with van der Waals surface area (Å²) >= 11 is 1.87. The zero-order valence-corrected chi connectivity index (χ0v) is 18.7. The van der Waals surface area contributed by atoms with E-state index in [9.17, 15) is 9.59 Å². The highest BCUT2D eigenvalue weighted by molar-refractivity contribution is 7.99. The molecule has 2 aliphatic rings. The molecule has 2 amide bonds. The predicted octanol–water partition coefficient (Wildman–Crippen LogP) is 2.95. The van der Waals surface area contributed by atoms with Crippen molar-refractivity contribution in [3.63, 3.8) is 0 Å². The number of amides is 2. The lowest BCUT2D eigenvalue weighted by atomic mass is 9.81. The van der Waals surface area contributed by atoms with Crippen LogP contribution in [0, 0.1) is 6.92 Å². The fourth-order valence-corrected chi connectivity index (χ4v) is 5.17. The lowest BCUT2D eigenvalue weighted by Crippen LogP contribution is -2.48. The van der Waals surface area contributed by atoms with Gasteiger partial charge < -0.3 is 14.7 Å². The Hall–Kier alpha value is -2.39. The lowest BCUT2D eigenvalue weighted by molar-refractivity contribution is -0.115. The molecule has 0 bridgehead atoms. The molecule has 0 atom stereocenters. The Kier molecular flexibility index (Phi) is 6.92. The monoisotopic (exact) mass is 443 g/mol. The summed E-state index contributed by atoms with van der Waals surface area (Å²) in [5, 5.41) is 10.4. The number of anilines is 1. The molecule has 1 aliphatic heterocycles. The fraction of sp³-hybridized carbons (Fsp3) is 0.545. The summed E-state index contributed by atoms with van der Waals surface area (Å²) in [6.07, 6.45) is 5.03. The Morgan fingerprint density at radius 3 is 2.68 bits per heavy atom. The van der Waals surface area contributed by atoms with E-state index in [2.05, 4.69) is 20.8 Å². The molecule has 2 heterocycles. The summed E-state index contributed by atoms with van der Waals surface area (Å²) < 4.78 is 5.19. The number of thioether (sulfide) groups is 1. The number of nitrogens with one attached hydrogen (secondary N) is 2. The highest BCUT2D eigenvalue weighted by atomic mass is 32.2. The van der Waals surface area contributed by atoms with Crippen molar-refractivity contribution >= 4 is 29.3 Å². The van der Waals surface area contributed by atoms with Gasteiger partial charge in [-0.3, -0.25) is 14.9 Å². The first-order valence-electron chi connectivity index (χ1n) is 10.9. The first-order valence-corrected chi connectivity index (χ1v) is 12.0. The molecule has 1 saturated heterocycles. The van der Waals surface area contributed by atoms with E-state index in [1.165, 1.54) is 6.42 Å². The van der Waals surface area contributed by atoms with Crippen LogP contribution >= 0.6 is 11.8 Å². The Morgan fingerprint density at radius 1 is 1.19 bits per heavy atom. The zero-order valence-electron chi connectivity index (χ0n) is 17.9. The standard InChI is InChI=1S/C22H29N5O3S/c1-16-24-21(26-30-16)22(8-3-2-4-9-22)23-15-19(28)25-18-7-5-6-17(14-18)20(29)27-10-12-31-13-11-27/h5-7,14,23H,2-4,8-13,15H2,1H3,(H,25,28). The fourth-order valence-electron chi connectivity index (χ4n) is 4.26. The molecule has 2 N–H and O–H groups in total. The maximum Gasteiger partial charge on any atom is 0.253 e. The maximum absolute atomic E-state index is 12.7. The molecule has 9 heteroatoms. The number of rotatable bonds is 6. The van der Waals surface area contributed by atoms with Crippen LogP contribution in [-0.2, 0) is 10.3 Å². The number of benzene rings is 1. The number of carbonyl (C=O) groups is 2. The highest BCUT2D eigenvalue weighted by Gasteiger charge is 2.38. The van der Waals surface area contributed by atoms with Crippen molar-refractivity contribution < 1.29 is 14.1 Å². The van der Waals surface area contributed by atoms with Crippen LogP contribution in [0.4, 0.5) is 5.69 Å². The average molecular weight is 444 g/mol. The van der Waals surface area contributed by atoms with Gasteiger partial charge in [0.1, 0.15) is 0 Å². The molecule has 1 aromatic carbocycles. The minimum Gasteiger partial charge on any atom is -0.340 e. The Bertz CT molecular complexity index is 919. The minimum absolute atomic E-state index is 0.0168. The molecular formula is C22H29N5O3S. The molecule has 4 rings (SSSR count). The normalized spacial score (nSPS) is 18.5. The van der Waals surface area contributed by atoms with Crippen molar-refractivity contribution in [1.29, 1.82) is 0 Å². The molecule has 1 aliphatic carbocycles. The second-order valence-electron chi connectivity index (χ2n) is 8.17. The van der Waals surface area contributed by atoms with Gasteiger partial charge in [-0.05, 0) is 31.0 Å². The molecule has 8 nitrogen and oxygen atoms in total. The van der Waals surface area contributed by atoms with E-state index in [0.717, 1.165) is 50.3 Å². The van der Waals surface area contributed by atoms with Crippen LogP contribution in [0.25, 0.3) is 0 Å². The van der Waals surface area contributed by atoms with Gasteiger partial charge in [0, 0.05) is 42.8 Å². The molecule has 166 valence electrons. The number of hydrogen-bond acceptors (Lipinski definition) is 7. The van der Waals surface area contributed by atoms with Crippen LogP contribution in [0.3, 0.4) is 0 Å². The number of hydrogen-bond donors (Lipinski definition) is 2. The second-order valence-corrected chi connectivity index (χ2v) is 9.39. The van der Waals surface area contributed by atoms with Gasteiger partial charge in [-0.15, -0.1) is 0 Å². The van der Waals surface area contributed by atoms with E-state index < -0.39 is 5.54 Å². The summed E-state index contributed by atoms with van der Waals surface area (Å²) in [4.78, 5) is 31.7. The van der Waals surface area contributed by atoms with Gasteiger partial charge in [-0.25, -0.2) is 0 Å². The largest absolute Gasteiger partial charge is 0.340 e. The molecule has 0 radical (unpaired) electrons. The summed E-state index contributed by atoms with van der Waals surface area (Å²) in [5.74, 6) is 2.95. The van der Waals surface area contributed by atoms with Crippen LogP contribution in [0.2, 0.25) is 0 Å². The van der Waals surface area contributed by atoms with Crippen LogP contribution < -0.4 is 10.6 Å². The van der Waals surface area contributed by atoms with E-state index in [-0.39, 0.29) is 18.4 Å². The van der Waals surface area contributed by atoms with E-state index in [1.807, 2.05) is 16.7 Å². The minimum atomic E-state index is -0.433. The summed E-state index contributed by atoms with van der Waals surface area (Å²) in [6, 6.07) is 7.16. The highest BCUT2D eigenvalue weighted by Crippen LogP contribution is 2.35. The number of aromatic nitrogens is 2. The van der Waals surface area contributed by atoms with Crippen molar-refractivity contribution in [3.05, 3.63) is 41.5 Å². The molecule has 2 fully saturated rings.